The van der Waals surface area contributed by atoms with Gasteiger partial charge in [0.1, 0.15) is 6.33 Å². The summed E-state index contributed by atoms with van der Waals surface area (Å²) in [5.41, 5.74) is 5.38. The van der Waals surface area contributed by atoms with Gasteiger partial charge in [-0.1, -0.05) is 91.6 Å². The van der Waals surface area contributed by atoms with E-state index < -0.39 is 0 Å². The van der Waals surface area contributed by atoms with Crippen molar-refractivity contribution in [3.05, 3.63) is 123 Å². The van der Waals surface area contributed by atoms with Crippen molar-refractivity contribution in [3.8, 4) is 5.69 Å². The van der Waals surface area contributed by atoms with Crippen molar-refractivity contribution >= 4 is 69.9 Å². The molecule has 0 amide bonds. The molecule has 0 spiro atoms. The first-order chi connectivity index (χ1) is 16.1. The highest BCUT2D eigenvalue weighted by atomic mass is 79.9. The Morgan fingerprint density at radius 3 is 1.88 bits per heavy atom. The molecule has 0 aliphatic rings. The molecule has 34 heavy (non-hydrogen) atoms. The molecule has 0 bridgehead atoms. The van der Waals surface area contributed by atoms with Gasteiger partial charge in [-0.2, -0.15) is 0 Å². The number of halogens is 3. The van der Waals surface area contributed by atoms with Crippen LogP contribution < -0.4 is 0 Å². The van der Waals surface area contributed by atoms with Crippen molar-refractivity contribution in [1.82, 2.24) is 19.5 Å². The van der Waals surface area contributed by atoms with Crippen molar-refractivity contribution in [2.24, 2.45) is 0 Å². The third-order valence-corrected chi connectivity index (χ3v) is 6.13. The Labute approximate surface area is 224 Å². The van der Waals surface area contributed by atoms with Crippen LogP contribution in [0.15, 0.2) is 123 Å². The standard InChI is InChI=1S/C13H9BrN2.C7H6N2.C6H4Br2.CH4/c14-10-4-3-5-11(8-10)16-9-15-12-6-1-2-7-13(12)16;1-2-4-7-6(3-1)8-5-9-7;7-5-2-1-3-6(8)4-5;/h1-9H;1-5H,(H,8,9);1-4H;1H4. The molecule has 0 radical (unpaired) electrons. The van der Waals surface area contributed by atoms with Crippen LogP contribution in [0, 0.1) is 0 Å². The minimum atomic E-state index is 0. The average molecular weight is 643 g/mol. The highest BCUT2D eigenvalue weighted by Crippen LogP contribution is 2.20. The van der Waals surface area contributed by atoms with Crippen molar-refractivity contribution < 1.29 is 0 Å². The number of H-pyrrole nitrogens is 1. The summed E-state index contributed by atoms with van der Waals surface area (Å²) in [6.07, 6.45) is 3.55. The van der Waals surface area contributed by atoms with Gasteiger partial charge in [0.15, 0.2) is 0 Å². The topological polar surface area (TPSA) is 46.5 Å². The molecule has 1 N–H and O–H groups in total. The molecule has 0 saturated heterocycles. The number of nitrogens with one attached hydrogen (secondary N) is 1. The molecule has 0 aliphatic carbocycles. The molecule has 0 saturated carbocycles. The van der Waals surface area contributed by atoms with Crippen LogP contribution in [-0.4, -0.2) is 19.5 Å². The normalized spacial score (nSPS) is 9.97. The highest BCUT2D eigenvalue weighted by Gasteiger charge is 2.03. The fourth-order valence-corrected chi connectivity index (χ4v) is 4.62. The second-order valence-corrected chi connectivity index (χ2v) is 9.69. The van der Waals surface area contributed by atoms with E-state index in [-0.39, 0.29) is 7.43 Å². The fraction of sp³-hybridized carbons (Fsp3) is 0.0370. The molecule has 7 heteroatoms. The maximum Gasteiger partial charge on any atom is 0.100 e. The first kappa shape index (κ1) is 25.9. The van der Waals surface area contributed by atoms with Gasteiger partial charge in [0.25, 0.3) is 0 Å². The summed E-state index contributed by atoms with van der Waals surface area (Å²) in [6.45, 7) is 0. The lowest BCUT2D eigenvalue weighted by molar-refractivity contribution is 1.09. The number of hydrogen-bond acceptors (Lipinski definition) is 2. The van der Waals surface area contributed by atoms with Crippen LogP contribution >= 0.6 is 47.8 Å². The summed E-state index contributed by atoms with van der Waals surface area (Å²) in [5, 5.41) is 0. The summed E-state index contributed by atoms with van der Waals surface area (Å²) in [6, 6.07) is 32.2. The average Bonchev–Trinajstić information content (AvgIpc) is 3.47. The molecule has 4 aromatic carbocycles. The van der Waals surface area contributed by atoms with E-state index >= 15 is 0 Å². The molecule has 4 nitrogen and oxygen atoms in total. The third-order valence-electron chi connectivity index (χ3n) is 4.65. The van der Waals surface area contributed by atoms with Crippen LogP contribution in [0.4, 0.5) is 0 Å². The lowest BCUT2D eigenvalue weighted by atomic mass is 10.3. The first-order valence-corrected chi connectivity index (χ1v) is 12.5. The zero-order chi connectivity index (χ0) is 23.0. The Morgan fingerprint density at radius 1 is 0.618 bits per heavy atom. The third kappa shape index (κ3) is 6.88. The molecule has 6 aromatic rings. The van der Waals surface area contributed by atoms with E-state index in [1.165, 1.54) is 0 Å². The molecule has 2 heterocycles. The molecule has 6 rings (SSSR count). The van der Waals surface area contributed by atoms with Gasteiger partial charge in [0.05, 0.1) is 28.4 Å². The summed E-state index contributed by atoms with van der Waals surface area (Å²) in [7, 11) is 0. The van der Waals surface area contributed by atoms with Gasteiger partial charge in [-0.15, -0.1) is 0 Å². The van der Waals surface area contributed by atoms with Crippen LogP contribution in [0.2, 0.25) is 0 Å². The lowest BCUT2D eigenvalue weighted by Gasteiger charge is -2.04. The van der Waals surface area contributed by atoms with E-state index in [1.807, 2.05) is 85.2 Å². The summed E-state index contributed by atoms with van der Waals surface area (Å²) < 4.78 is 5.36. The number of para-hydroxylation sites is 4. The molecule has 0 atom stereocenters. The van der Waals surface area contributed by atoms with Crippen LogP contribution in [0.3, 0.4) is 0 Å². The Balaban J connectivity index is 0.000000154. The number of nitrogens with zero attached hydrogens (tertiary/aromatic N) is 3. The summed E-state index contributed by atoms with van der Waals surface area (Å²) >= 11 is 10.1. The predicted octanol–water partition coefficient (Wildman–Crippen LogP) is 9.20. The van der Waals surface area contributed by atoms with Gasteiger partial charge in [-0.05, 0) is 60.7 Å². The molecule has 0 unspecified atom stereocenters. The van der Waals surface area contributed by atoms with E-state index in [0.717, 1.165) is 41.2 Å². The number of imidazole rings is 2. The largest absolute Gasteiger partial charge is 0.345 e. The van der Waals surface area contributed by atoms with E-state index in [9.17, 15) is 0 Å². The van der Waals surface area contributed by atoms with E-state index in [1.54, 1.807) is 6.33 Å². The summed E-state index contributed by atoms with van der Waals surface area (Å²) in [4.78, 5) is 11.4. The summed E-state index contributed by atoms with van der Waals surface area (Å²) in [5.74, 6) is 0. The van der Waals surface area contributed by atoms with Gasteiger partial charge in [0, 0.05) is 19.1 Å². The number of hydrogen-bond donors (Lipinski definition) is 1. The monoisotopic (exact) mass is 640 g/mol. The van der Waals surface area contributed by atoms with Crippen LogP contribution in [0.25, 0.3) is 27.8 Å². The van der Waals surface area contributed by atoms with Crippen molar-refractivity contribution in [2.45, 2.75) is 7.43 Å². The Bertz CT molecular complexity index is 1430. The predicted molar refractivity (Wildman–Crippen MR) is 153 cm³/mol. The Morgan fingerprint density at radius 2 is 1.24 bits per heavy atom. The van der Waals surface area contributed by atoms with Crippen molar-refractivity contribution in [3.63, 3.8) is 0 Å². The zero-order valence-electron chi connectivity index (χ0n) is 17.4. The molecular formula is C27H23Br3N4. The minimum absolute atomic E-state index is 0. The van der Waals surface area contributed by atoms with Gasteiger partial charge in [-0.25, -0.2) is 9.97 Å². The van der Waals surface area contributed by atoms with Crippen LogP contribution in [0.5, 0.6) is 0 Å². The molecule has 2 aromatic heterocycles. The van der Waals surface area contributed by atoms with Gasteiger partial charge < -0.3 is 4.98 Å². The SMILES string of the molecule is Brc1cccc(-n2cnc3ccccc32)c1.Brc1cccc(Br)c1.C.c1ccc2[nH]cnc2c1. The second kappa shape index (κ2) is 12.6. The van der Waals surface area contributed by atoms with Gasteiger partial charge in [-0.3, -0.25) is 4.57 Å². The highest BCUT2D eigenvalue weighted by molar-refractivity contribution is 9.11. The second-order valence-electron chi connectivity index (χ2n) is 6.94. The molecule has 0 fully saturated rings. The van der Waals surface area contributed by atoms with Crippen LogP contribution in [-0.2, 0) is 0 Å². The van der Waals surface area contributed by atoms with Gasteiger partial charge >= 0.3 is 0 Å². The quantitative estimate of drug-likeness (QED) is 0.194. The number of fused-ring (bicyclic) bond motifs is 2. The number of aromatic nitrogens is 4. The molecule has 172 valence electrons. The number of rotatable bonds is 1. The number of aromatic amines is 1. The Hall–Kier alpha value is -2.74. The maximum atomic E-state index is 4.37. The zero-order valence-corrected chi connectivity index (χ0v) is 22.1. The van der Waals surface area contributed by atoms with Crippen LogP contribution in [0.1, 0.15) is 7.43 Å². The van der Waals surface area contributed by atoms with Crippen molar-refractivity contribution in [2.75, 3.05) is 0 Å². The maximum absolute atomic E-state index is 4.37. The smallest absolute Gasteiger partial charge is 0.100 e. The number of benzene rings is 4. The lowest BCUT2D eigenvalue weighted by Crippen LogP contribution is -1.90. The van der Waals surface area contributed by atoms with E-state index in [2.05, 4.69) is 85.5 Å². The Kier molecular flexibility index (Phi) is 9.62. The minimum Gasteiger partial charge on any atom is -0.345 e. The fourth-order valence-electron chi connectivity index (χ4n) is 3.13. The van der Waals surface area contributed by atoms with Crippen molar-refractivity contribution in [1.29, 1.82) is 0 Å². The molecule has 0 aliphatic heterocycles. The molecular weight excluding hydrogens is 620 g/mol. The van der Waals surface area contributed by atoms with E-state index in [0.29, 0.717) is 0 Å². The van der Waals surface area contributed by atoms with Gasteiger partial charge in [0.2, 0.25) is 0 Å². The van der Waals surface area contributed by atoms with E-state index in [4.69, 9.17) is 0 Å². The first-order valence-electron chi connectivity index (χ1n) is 10.1.